The van der Waals surface area contributed by atoms with Gasteiger partial charge in [0.25, 0.3) is 0 Å². The summed E-state index contributed by atoms with van der Waals surface area (Å²) in [4.78, 5) is 19.8. The Balaban J connectivity index is 2.27. The molecule has 0 saturated carbocycles. The Bertz CT molecular complexity index is 1160. The number of anilines is 1. The number of hydrogen-bond acceptors (Lipinski definition) is 6. The highest BCUT2D eigenvalue weighted by molar-refractivity contribution is 5.97. The van der Waals surface area contributed by atoms with Crippen LogP contribution in [0.3, 0.4) is 0 Å². The van der Waals surface area contributed by atoms with Gasteiger partial charge in [-0.15, -0.1) is 13.2 Å². The number of nitrogens with zero attached hydrogens (tertiary/aromatic N) is 2. The van der Waals surface area contributed by atoms with Crippen LogP contribution in [-0.4, -0.2) is 55.1 Å². The molecule has 1 amide bonds. The number of amides is 1. The number of ether oxygens (including phenoxy) is 1. The number of halogens is 6. The third-order valence-electron chi connectivity index (χ3n) is 6.23. The molecule has 226 valence electrons. The number of carbonyl (C=O) groups excluding carboxylic acids is 1. The van der Waals surface area contributed by atoms with Crippen molar-refractivity contribution in [3.63, 3.8) is 0 Å². The van der Waals surface area contributed by atoms with Crippen molar-refractivity contribution in [2.24, 2.45) is 22.4 Å². The van der Waals surface area contributed by atoms with Crippen molar-refractivity contribution in [2.75, 3.05) is 31.5 Å². The SMILES string of the molecule is C=C(CC(C)C(C)=NC(Cc1ccc(C(F)(F)F)cc1)C(=O)Nc1ccc(OC(F)(F)F)cc1)N(CCN)CCN. The number of aliphatic imine (C=N–C) groups is 1. The molecule has 2 atom stereocenters. The molecule has 5 N–H and O–H groups in total. The summed E-state index contributed by atoms with van der Waals surface area (Å²) in [6.45, 7) is 9.74. The number of rotatable bonds is 14. The molecule has 0 saturated heterocycles. The summed E-state index contributed by atoms with van der Waals surface area (Å²) in [5, 5.41) is 2.61. The third kappa shape index (κ3) is 11.4. The maximum atomic E-state index is 13.3. The zero-order valence-electron chi connectivity index (χ0n) is 22.9. The van der Waals surface area contributed by atoms with Gasteiger partial charge in [-0.1, -0.05) is 25.6 Å². The summed E-state index contributed by atoms with van der Waals surface area (Å²) in [7, 11) is 0. The lowest BCUT2D eigenvalue weighted by molar-refractivity contribution is -0.274. The molecule has 2 unspecified atom stereocenters. The van der Waals surface area contributed by atoms with Crippen molar-refractivity contribution in [3.8, 4) is 5.75 Å². The first kappa shape index (κ1) is 33.6. The predicted octanol–water partition coefficient (Wildman–Crippen LogP) is 5.37. The average Bonchev–Trinajstić information content (AvgIpc) is 2.88. The summed E-state index contributed by atoms with van der Waals surface area (Å²) in [5.74, 6) is -1.20. The van der Waals surface area contributed by atoms with E-state index < -0.39 is 35.8 Å². The molecular weight excluding hydrogens is 552 g/mol. The van der Waals surface area contributed by atoms with E-state index in [4.69, 9.17) is 11.5 Å². The molecule has 41 heavy (non-hydrogen) atoms. The number of alkyl halides is 6. The standard InChI is InChI=1S/C28H35F6N5O2/c1-18(16-19(2)39(14-12-35)15-13-36)20(3)37-25(17-21-4-6-22(7-5-21)27(29,30)31)26(40)38-23-8-10-24(11-9-23)41-28(32,33)34/h4-11,18,25H,2,12-17,35-36H2,1,3H3,(H,38,40). The zero-order chi connectivity index (χ0) is 30.8. The molecular formula is C28H35F6N5O2. The largest absolute Gasteiger partial charge is 0.573 e. The Morgan fingerprint density at radius 1 is 1.00 bits per heavy atom. The molecule has 0 aliphatic rings. The molecule has 0 heterocycles. The Morgan fingerprint density at radius 3 is 2.05 bits per heavy atom. The molecule has 2 aromatic rings. The van der Waals surface area contributed by atoms with Gasteiger partial charge in [-0.3, -0.25) is 9.79 Å². The topological polar surface area (TPSA) is 106 Å². The number of nitrogens with one attached hydrogen (secondary N) is 1. The van der Waals surface area contributed by atoms with Crippen LogP contribution in [0, 0.1) is 5.92 Å². The minimum absolute atomic E-state index is 0.0171. The number of benzene rings is 2. The molecule has 0 aromatic heterocycles. The molecule has 0 bridgehead atoms. The lowest BCUT2D eigenvalue weighted by atomic mass is 9.98. The normalized spacial score (nSPS) is 13.9. The molecule has 7 nitrogen and oxygen atoms in total. The summed E-state index contributed by atoms with van der Waals surface area (Å²) < 4.78 is 80.2. The molecule has 2 rings (SSSR count). The molecule has 2 aromatic carbocycles. The van der Waals surface area contributed by atoms with Gasteiger partial charge < -0.3 is 26.4 Å². The van der Waals surface area contributed by atoms with Gasteiger partial charge in [-0.2, -0.15) is 13.2 Å². The van der Waals surface area contributed by atoms with Crippen LogP contribution >= 0.6 is 0 Å². The number of nitrogens with two attached hydrogens (primary N) is 2. The average molecular weight is 588 g/mol. The van der Waals surface area contributed by atoms with Gasteiger partial charge in [-0.05, 0) is 61.2 Å². The van der Waals surface area contributed by atoms with Crippen LogP contribution in [0.25, 0.3) is 0 Å². The maximum absolute atomic E-state index is 13.3. The molecule has 0 aliphatic heterocycles. The quantitative estimate of drug-likeness (QED) is 0.204. The minimum Gasteiger partial charge on any atom is -0.406 e. The van der Waals surface area contributed by atoms with Crippen molar-refractivity contribution in [2.45, 2.75) is 45.3 Å². The number of hydrogen-bond donors (Lipinski definition) is 3. The molecule has 0 spiro atoms. The fraction of sp³-hybridized carbons (Fsp3) is 0.429. The van der Waals surface area contributed by atoms with Gasteiger partial charge in [0.2, 0.25) is 5.91 Å². The van der Waals surface area contributed by atoms with Gasteiger partial charge in [-0.25, -0.2) is 0 Å². The lowest BCUT2D eigenvalue weighted by Gasteiger charge is -2.28. The highest BCUT2D eigenvalue weighted by Crippen LogP contribution is 2.29. The van der Waals surface area contributed by atoms with E-state index in [1.807, 2.05) is 11.8 Å². The van der Waals surface area contributed by atoms with Crippen molar-refractivity contribution in [3.05, 3.63) is 71.9 Å². The first-order valence-corrected chi connectivity index (χ1v) is 12.8. The highest BCUT2D eigenvalue weighted by Gasteiger charge is 2.31. The molecule has 0 radical (unpaired) electrons. The van der Waals surface area contributed by atoms with E-state index in [0.717, 1.165) is 30.0 Å². The molecule has 0 fully saturated rings. The first-order valence-electron chi connectivity index (χ1n) is 12.8. The Morgan fingerprint density at radius 2 is 1.56 bits per heavy atom. The van der Waals surface area contributed by atoms with E-state index in [0.29, 0.717) is 43.9 Å². The predicted molar refractivity (Wildman–Crippen MR) is 146 cm³/mol. The smallest absolute Gasteiger partial charge is 0.406 e. The fourth-order valence-corrected chi connectivity index (χ4v) is 3.96. The second kappa shape index (κ2) is 14.9. The van der Waals surface area contributed by atoms with E-state index in [2.05, 4.69) is 21.6 Å². The maximum Gasteiger partial charge on any atom is 0.573 e. The summed E-state index contributed by atoms with van der Waals surface area (Å²) in [5.41, 5.74) is 12.6. The van der Waals surface area contributed by atoms with Crippen molar-refractivity contribution >= 4 is 17.3 Å². The van der Waals surface area contributed by atoms with Crippen LogP contribution in [-0.2, 0) is 17.4 Å². The van der Waals surface area contributed by atoms with Crippen LogP contribution in [0.2, 0.25) is 0 Å². The van der Waals surface area contributed by atoms with E-state index >= 15 is 0 Å². The van der Waals surface area contributed by atoms with Crippen molar-refractivity contribution in [1.29, 1.82) is 0 Å². The van der Waals surface area contributed by atoms with E-state index in [1.54, 1.807) is 6.92 Å². The van der Waals surface area contributed by atoms with Gasteiger partial charge in [0.1, 0.15) is 11.8 Å². The van der Waals surface area contributed by atoms with Crippen LogP contribution in [0.1, 0.15) is 31.4 Å². The van der Waals surface area contributed by atoms with Crippen molar-refractivity contribution < 1.29 is 35.9 Å². The summed E-state index contributed by atoms with van der Waals surface area (Å²) in [6.07, 6.45) is -8.88. The van der Waals surface area contributed by atoms with Gasteiger partial charge in [0.15, 0.2) is 0 Å². The van der Waals surface area contributed by atoms with Crippen LogP contribution < -0.4 is 21.5 Å². The minimum atomic E-state index is -4.86. The van der Waals surface area contributed by atoms with Crippen molar-refractivity contribution in [1.82, 2.24) is 4.90 Å². The third-order valence-corrected chi connectivity index (χ3v) is 6.23. The Hall–Kier alpha value is -3.58. The van der Waals surface area contributed by atoms with E-state index in [1.165, 1.54) is 24.3 Å². The van der Waals surface area contributed by atoms with Gasteiger partial charge in [0, 0.05) is 49.7 Å². The molecule has 0 aliphatic carbocycles. The highest BCUT2D eigenvalue weighted by atomic mass is 19.4. The second-order valence-corrected chi connectivity index (χ2v) is 9.48. The first-order chi connectivity index (χ1) is 19.1. The van der Waals surface area contributed by atoms with E-state index in [9.17, 15) is 31.1 Å². The van der Waals surface area contributed by atoms with Crippen LogP contribution in [0.4, 0.5) is 32.0 Å². The molecule has 13 heteroatoms. The fourth-order valence-electron chi connectivity index (χ4n) is 3.96. The van der Waals surface area contributed by atoms with Gasteiger partial charge >= 0.3 is 12.5 Å². The van der Waals surface area contributed by atoms with Crippen LogP contribution in [0.15, 0.2) is 65.8 Å². The summed E-state index contributed by atoms with van der Waals surface area (Å²) in [6, 6.07) is 7.93. The Labute approximate surface area is 235 Å². The number of carbonyl (C=O) groups is 1. The van der Waals surface area contributed by atoms with E-state index in [-0.39, 0.29) is 18.0 Å². The lowest BCUT2D eigenvalue weighted by Crippen LogP contribution is -2.34. The monoisotopic (exact) mass is 587 g/mol. The zero-order valence-corrected chi connectivity index (χ0v) is 22.9. The van der Waals surface area contributed by atoms with Crippen LogP contribution in [0.5, 0.6) is 5.75 Å². The number of allylic oxidation sites excluding steroid dienone is 1. The summed E-state index contributed by atoms with van der Waals surface area (Å²) >= 11 is 0. The van der Waals surface area contributed by atoms with Gasteiger partial charge in [0.05, 0.1) is 5.56 Å². The second-order valence-electron chi connectivity index (χ2n) is 9.48. The Kier molecular flexibility index (Phi) is 12.2.